The molecule has 0 radical (unpaired) electrons. The van der Waals surface area contributed by atoms with Crippen LogP contribution in [0.4, 0.5) is 0 Å². The second kappa shape index (κ2) is 5.51. The first-order valence-electron chi connectivity index (χ1n) is 4.43. The number of carbonyl (C=O) groups is 2. The van der Waals surface area contributed by atoms with Crippen LogP contribution in [0.3, 0.4) is 0 Å². The molecule has 0 rings (SSSR count). The standard InChI is InChI=1S/C10H16O3/c1-4-8(7(2)3)9(11)5-6-10(12)13/h5-8H,4H2,1-3H3,(H,12,13). The molecule has 0 aromatic heterocycles. The molecule has 0 spiro atoms. The van der Waals surface area contributed by atoms with E-state index in [1.807, 2.05) is 20.8 Å². The summed E-state index contributed by atoms with van der Waals surface area (Å²) in [7, 11) is 0. The number of rotatable bonds is 5. The van der Waals surface area contributed by atoms with Crippen molar-refractivity contribution in [2.75, 3.05) is 0 Å². The van der Waals surface area contributed by atoms with Gasteiger partial charge in [-0.2, -0.15) is 0 Å². The van der Waals surface area contributed by atoms with E-state index in [9.17, 15) is 9.59 Å². The van der Waals surface area contributed by atoms with Gasteiger partial charge in [-0.25, -0.2) is 4.79 Å². The Bertz CT molecular complexity index is 216. The highest BCUT2D eigenvalue weighted by Gasteiger charge is 2.17. The summed E-state index contributed by atoms with van der Waals surface area (Å²) in [6, 6.07) is 0. The number of allylic oxidation sites excluding steroid dienone is 1. The van der Waals surface area contributed by atoms with Gasteiger partial charge < -0.3 is 5.11 Å². The quantitative estimate of drug-likeness (QED) is 0.664. The van der Waals surface area contributed by atoms with E-state index in [0.29, 0.717) is 0 Å². The molecule has 0 aliphatic carbocycles. The van der Waals surface area contributed by atoms with Gasteiger partial charge in [0.05, 0.1) is 0 Å². The number of hydrogen-bond donors (Lipinski definition) is 1. The van der Waals surface area contributed by atoms with Crippen molar-refractivity contribution in [2.45, 2.75) is 27.2 Å². The smallest absolute Gasteiger partial charge is 0.328 e. The summed E-state index contributed by atoms with van der Waals surface area (Å²) in [5.41, 5.74) is 0. The Labute approximate surface area is 78.5 Å². The van der Waals surface area contributed by atoms with Crippen molar-refractivity contribution in [3.63, 3.8) is 0 Å². The third kappa shape index (κ3) is 4.45. The van der Waals surface area contributed by atoms with Crippen LogP contribution in [0, 0.1) is 11.8 Å². The topological polar surface area (TPSA) is 54.4 Å². The molecule has 3 heteroatoms. The van der Waals surface area contributed by atoms with Crippen molar-refractivity contribution in [1.29, 1.82) is 0 Å². The van der Waals surface area contributed by atoms with Gasteiger partial charge in [0.15, 0.2) is 5.78 Å². The summed E-state index contributed by atoms with van der Waals surface area (Å²) in [6.45, 7) is 5.85. The Morgan fingerprint density at radius 2 is 1.85 bits per heavy atom. The largest absolute Gasteiger partial charge is 0.478 e. The molecule has 0 aliphatic heterocycles. The second-order valence-electron chi connectivity index (χ2n) is 3.33. The number of carbonyl (C=O) groups excluding carboxylic acids is 1. The zero-order chi connectivity index (χ0) is 10.4. The van der Waals surface area contributed by atoms with Gasteiger partial charge in [0.1, 0.15) is 0 Å². The third-order valence-electron chi connectivity index (χ3n) is 2.00. The Kier molecular flexibility index (Phi) is 5.04. The maximum absolute atomic E-state index is 11.4. The van der Waals surface area contributed by atoms with Gasteiger partial charge in [0.25, 0.3) is 0 Å². The van der Waals surface area contributed by atoms with Gasteiger partial charge in [-0.1, -0.05) is 20.8 Å². The summed E-state index contributed by atoms with van der Waals surface area (Å²) in [6.07, 6.45) is 2.80. The van der Waals surface area contributed by atoms with Crippen LogP contribution in [0.15, 0.2) is 12.2 Å². The average molecular weight is 184 g/mol. The maximum Gasteiger partial charge on any atom is 0.328 e. The van der Waals surface area contributed by atoms with Crippen LogP contribution < -0.4 is 0 Å². The molecule has 0 saturated heterocycles. The van der Waals surface area contributed by atoms with Gasteiger partial charge in [-0.15, -0.1) is 0 Å². The molecule has 0 saturated carbocycles. The molecule has 0 amide bonds. The number of carboxylic acids is 1. The predicted octanol–water partition coefficient (Wildman–Crippen LogP) is 1.88. The fourth-order valence-electron chi connectivity index (χ4n) is 1.28. The minimum atomic E-state index is -1.08. The van der Waals surface area contributed by atoms with Crippen LogP contribution in [0.1, 0.15) is 27.2 Å². The van der Waals surface area contributed by atoms with Crippen LogP contribution in [0.25, 0.3) is 0 Å². The van der Waals surface area contributed by atoms with E-state index < -0.39 is 5.97 Å². The van der Waals surface area contributed by atoms with Crippen molar-refractivity contribution in [3.8, 4) is 0 Å². The van der Waals surface area contributed by atoms with Crippen LogP contribution in [-0.2, 0) is 9.59 Å². The molecule has 13 heavy (non-hydrogen) atoms. The van der Waals surface area contributed by atoms with Gasteiger partial charge >= 0.3 is 5.97 Å². The SMILES string of the molecule is CCC(C(=O)C=CC(=O)O)C(C)C. The van der Waals surface area contributed by atoms with E-state index in [0.717, 1.165) is 18.6 Å². The van der Waals surface area contributed by atoms with Crippen molar-refractivity contribution < 1.29 is 14.7 Å². The summed E-state index contributed by atoms with van der Waals surface area (Å²) in [4.78, 5) is 21.5. The van der Waals surface area contributed by atoms with Crippen molar-refractivity contribution in [2.24, 2.45) is 11.8 Å². The second-order valence-corrected chi connectivity index (χ2v) is 3.33. The van der Waals surface area contributed by atoms with Crippen molar-refractivity contribution in [3.05, 3.63) is 12.2 Å². The molecule has 0 fully saturated rings. The highest BCUT2D eigenvalue weighted by Crippen LogP contribution is 2.16. The summed E-state index contributed by atoms with van der Waals surface area (Å²) < 4.78 is 0. The van der Waals surface area contributed by atoms with Crippen LogP contribution in [-0.4, -0.2) is 16.9 Å². The van der Waals surface area contributed by atoms with E-state index in [1.165, 1.54) is 0 Å². The van der Waals surface area contributed by atoms with E-state index in [4.69, 9.17) is 5.11 Å². The van der Waals surface area contributed by atoms with Crippen molar-refractivity contribution in [1.82, 2.24) is 0 Å². The highest BCUT2D eigenvalue weighted by atomic mass is 16.4. The molecular weight excluding hydrogens is 168 g/mol. The zero-order valence-electron chi connectivity index (χ0n) is 8.28. The predicted molar refractivity (Wildman–Crippen MR) is 50.4 cm³/mol. The molecule has 74 valence electrons. The number of hydrogen-bond acceptors (Lipinski definition) is 2. The maximum atomic E-state index is 11.4. The lowest BCUT2D eigenvalue weighted by Crippen LogP contribution is -2.17. The van der Waals surface area contributed by atoms with E-state index in [1.54, 1.807) is 0 Å². The highest BCUT2D eigenvalue weighted by molar-refractivity contribution is 5.96. The first-order chi connectivity index (χ1) is 5.99. The summed E-state index contributed by atoms with van der Waals surface area (Å²) in [5, 5.41) is 8.32. The lowest BCUT2D eigenvalue weighted by molar-refractivity contribution is -0.131. The molecule has 3 nitrogen and oxygen atoms in total. The van der Waals surface area contributed by atoms with E-state index in [-0.39, 0.29) is 17.6 Å². The molecule has 0 aromatic rings. The normalized spacial score (nSPS) is 13.5. The Morgan fingerprint density at radius 1 is 1.31 bits per heavy atom. The summed E-state index contributed by atoms with van der Waals surface area (Å²) >= 11 is 0. The molecular formula is C10H16O3. The number of ketones is 1. The van der Waals surface area contributed by atoms with Gasteiger partial charge in [-0.3, -0.25) is 4.79 Å². The molecule has 1 atom stereocenters. The first kappa shape index (κ1) is 11.9. The Hall–Kier alpha value is -1.12. The molecule has 1 unspecified atom stereocenters. The monoisotopic (exact) mass is 184 g/mol. The molecule has 0 aliphatic rings. The summed E-state index contributed by atoms with van der Waals surface area (Å²) in [5.74, 6) is -0.974. The van der Waals surface area contributed by atoms with Crippen LogP contribution >= 0.6 is 0 Å². The Morgan fingerprint density at radius 3 is 2.15 bits per heavy atom. The lowest BCUT2D eigenvalue weighted by Gasteiger charge is -2.14. The average Bonchev–Trinajstić information content (AvgIpc) is 2.01. The minimum absolute atomic E-state index is 0.0596. The van der Waals surface area contributed by atoms with Crippen LogP contribution in [0.2, 0.25) is 0 Å². The fourth-order valence-corrected chi connectivity index (χ4v) is 1.28. The fraction of sp³-hybridized carbons (Fsp3) is 0.600. The van der Waals surface area contributed by atoms with Crippen LogP contribution in [0.5, 0.6) is 0 Å². The number of carboxylic acid groups (broad SMARTS) is 1. The molecule has 0 bridgehead atoms. The number of aliphatic carboxylic acids is 1. The van der Waals surface area contributed by atoms with Crippen molar-refractivity contribution >= 4 is 11.8 Å². The van der Waals surface area contributed by atoms with Gasteiger partial charge in [-0.05, 0) is 18.4 Å². The third-order valence-corrected chi connectivity index (χ3v) is 2.00. The Balaban J connectivity index is 4.30. The zero-order valence-corrected chi connectivity index (χ0v) is 8.28. The first-order valence-corrected chi connectivity index (χ1v) is 4.43. The lowest BCUT2D eigenvalue weighted by atomic mass is 9.89. The molecule has 0 aromatic carbocycles. The van der Waals surface area contributed by atoms with Gasteiger partial charge in [0, 0.05) is 12.0 Å². The molecule has 0 heterocycles. The van der Waals surface area contributed by atoms with E-state index in [2.05, 4.69) is 0 Å². The molecule has 1 N–H and O–H groups in total. The van der Waals surface area contributed by atoms with Gasteiger partial charge in [0.2, 0.25) is 0 Å². The minimum Gasteiger partial charge on any atom is -0.478 e. The van der Waals surface area contributed by atoms with E-state index >= 15 is 0 Å².